The number of carbonyl (C=O) groups excluding carboxylic acids is 1. The van der Waals surface area contributed by atoms with Crippen molar-refractivity contribution in [2.75, 3.05) is 18.9 Å². The minimum absolute atomic E-state index is 0.0930. The Morgan fingerprint density at radius 3 is 2.75 bits per heavy atom. The third-order valence-electron chi connectivity index (χ3n) is 5.36. The molecule has 1 N–H and O–H groups in total. The summed E-state index contributed by atoms with van der Waals surface area (Å²) in [4.78, 5) is 14.9. The quantitative estimate of drug-likeness (QED) is 0.803. The molecule has 144 valence electrons. The molecule has 1 heterocycles. The molecule has 0 saturated carbocycles. The van der Waals surface area contributed by atoms with E-state index in [1.165, 1.54) is 22.8 Å². The Kier molecular flexibility index (Phi) is 5.67. The fourth-order valence-electron chi connectivity index (χ4n) is 4.20. The second-order valence-electron chi connectivity index (χ2n) is 8.05. The molecule has 3 rings (SSSR count). The Morgan fingerprint density at radius 1 is 1.29 bits per heavy atom. The van der Waals surface area contributed by atoms with E-state index in [1.54, 1.807) is 12.1 Å². The van der Waals surface area contributed by atoms with Gasteiger partial charge in [-0.15, -0.1) is 0 Å². The van der Waals surface area contributed by atoms with Gasteiger partial charge in [0, 0.05) is 30.3 Å². The normalized spacial score (nSPS) is 15.8. The van der Waals surface area contributed by atoms with Gasteiger partial charge < -0.3 is 10.2 Å². The first-order valence-electron chi connectivity index (χ1n) is 9.67. The first kappa shape index (κ1) is 19.9. The molecule has 28 heavy (non-hydrogen) atoms. The van der Waals surface area contributed by atoms with Gasteiger partial charge in [-0.3, -0.25) is 4.79 Å². The monoisotopic (exact) mass is 373 g/mol. The number of carbonyl (C=O) groups is 1. The van der Waals surface area contributed by atoms with Crippen molar-refractivity contribution in [2.24, 2.45) is 0 Å². The molecule has 0 aliphatic carbocycles. The molecule has 0 aromatic heterocycles. The SMILES string of the molecule is CCc1c(NC(=O)/C=C/c2ccccc2C#N)ccc2c1CN(C)CC2(C)C. The summed E-state index contributed by atoms with van der Waals surface area (Å²) in [5.41, 5.74) is 6.17. The van der Waals surface area contributed by atoms with Gasteiger partial charge in [-0.25, -0.2) is 0 Å². The first-order valence-corrected chi connectivity index (χ1v) is 9.67. The van der Waals surface area contributed by atoms with E-state index in [0.717, 1.165) is 30.8 Å². The predicted octanol–water partition coefficient (Wildman–Crippen LogP) is 4.50. The van der Waals surface area contributed by atoms with Crippen LogP contribution in [0.15, 0.2) is 42.5 Å². The van der Waals surface area contributed by atoms with Gasteiger partial charge in [-0.05, 0) is 53.9 Å². The zero-order valence-electron chi connectivity index (χ0n) is 17.0. The smallest absolute Gasteiger partial charge is 0.248 e. The summed E-state index contributed by atoms with van der Waals surface area (Å²) < 4.78 is 0. The zero-order chi connectivity index (χ0) is 20.3. The van der Waals surface area contributed by atoms with Crippen molar-refractivity contribution >= 4 is 17.7 Å². The topological polar surface area (TPSA) is 56.1 Å². The summed E-state index contributed by atoms with van der Waals surface area (Å²) in [6.45, 7) is 8.60. The van der Waals surface area contributed by atoms with Gasteiger partial charge in [0.15, 0.2) is 0 Å². The molecule has 1 aliphatic heterocycles. The summed E-state index contributed by atoms with van der Waals surface area (Å²) in [5, 5.41) is 12.2. The lowest BCUT2D eigenvalue weighted by Crippen LogP contribution is -2.40. The number of rotatable bonds is 4. The summed E-state index contributed by atoms with van der Waals surface area (Å²) in [6, 6.07) is 13.6. The number of hydrogen-bond donors (Lipinski definition) is 1. The Morgan fingerprint density at radius 2 is 2.04 bits per heavy atom. The largest absolute Gasteiger partial charge is 0.322 e. The van der Waals surface area contributed by atoms with Crippen LogP contribution in [0.5, 0.6) is 0 Å². The highest BCUT2D eigenvalue weighted by Gasteiger charge is 2.32. The Balaban J connectivity index is 1.87. The number of nitrogens with one attached hydrogen (secondary N) is 1. The van der Waals surface area contributed by atoms with E-state index in [-0.39, 0.29) is 11.3 Å². The number of likely N-dealkylation sites (N-methyl/N-ethyl adjacent to an activating group) is 1. The molecule has 0 unspecified atom stereocenters. The Bertz CT molecular complexity index is 966. The molecule has 2 aromatic rings. The van der Waals surface area contributed by atoms with Crippen molar-refractivity contribution in [1.29, 1.82) is 5.26 Å². The van der Waals surface area contributed by atoms with Crippen LogP contribution in [0.25, 0.3) is 6.08 Å². The van der Waals surface area contributed by atoms with Crippen LogP contribution in [-0.2, 0) is 23.2 Å². The molecule has 4 nitrogen and oxygen atoms in total. The molecule has 0 spiro atoms. The maximum absolute atomic E-state index is 12.5. The van der Waals surface area contributed by atoms with E-state index in [2.05, 4.69) is 50.2 Å². The van der Waals surface area contributed by atoms with E-state index in [0.29, 0.717) is 5.56 Å². The van der Waals surface area contributed by atoms with Crippen LogP contribution in [0.3, 0.4) is 0 Å². The van der Waals surface area contributed by atoms with Crippen LogP contribution in [0.2, 0.25) is 0 Å². The Labute approximate surface area is 167 Å². The molecule has 0 atom stereocenters. The van der Waals surface area contributed by atoms with Crippen molar-refractivity contribution in [1.82, 2.24) is 4.90 Å². The molecule has 0 fully saturated rings. The standard InChI is InChI=1S/C24H27N3O/c1-5-19-20-15-27(4)16-24(2,3)21(20)11-12-22(19)26-23(28)13-10-17-8-6-7-9-18(17)14-25/h6-13H,5,15-16H2,1-4H3,(H,26,28)/b13-10+. The van der Waals surface area contributed by atoms with Crippen molar-refractivity contribution in [2.45, 2.75) is 39.2 Å². The van der Waals surface area contributed by atoms with Gasteiger partial charge in [-0.1, -0.05) is 45.0 Å². The lowest BCUT2D eigenvalue weighted by Gasteiger charge is -2.39. The Hall–Kier alpha value is -2.90. The van der Waals surface area contributed by atoms with E-state index in [9.17, 15) is 10.1 Å². The number of hydrogen-bond acceptors (Lipinski definition) is 3. The van der Waals surface area contributed by atoms with E-state index < -0.39 is 0 Å². The van der Waals surface area contributed by atoms with Gasteiger partial charge in [0.25, 0.3) is 0 Å². The summed E-state index contributed by atoms with van der Waals surface area (Å²) in [5.74, 6) is -0.189. The third kappa shape index (κ3) is 4.00. The van der Waals surface area contributed by atoms with Crippen LogP contribution in [0, 0.1) is 11.3 Å². The van der Waals surface area contributed by atoms with Crippen LogP contribution in [0.1, 0.15) is 48.6 Å². The van der Waals surface area contributed by atoms with E-state index in [1.807, 2.05) is 24.3 Å². The fourth-order valence-corrected chi connectivity index (χ4v) is 4.20. The van der Waals surface area contributed by atoms with Gasteiger partial charge in [0.2, 0.25) is 5.91 Å². The highest BCUT2D eigenvalue weighted by atomic mass is 16.1. The van der Waals surface area contributed by atoms with Crippen molar-refractivity contribution in [3.8, 4) is 6.07 Å². The molecule has 2 aromatic carbocycles. The fraction of sp³-hybridized carbons (Fsp3) is 0.333. The summed E-state index contributed by atoms with van der Waals surface area (Å²) in [6.07, 6.45) is 4.05. The zero-order valence-corrected chi connectivity index (χ0v) is 17.0. The average molecular weight is 374 g/mol. The molecule has 0 bridgehead atoms. The van der Waals surface area contributed by atoms with Crippen molar-refractivity contribution < 1.29 is 4.79 Å². The van der Waals surface area contributed by atoms with E-state index in [4.69, 9.17) is 0 Å². The number of amides is 1. The number of benzene rings is 2. The highest BCUT2D eigenvalue weighted by molar-refractivity contribution is 6.02. The average Bonchev–Trinajstić information content (AvgIpc) is 2.65. The predicted molar refractivity (Wildman–Crippen MR) is 114 cm³/mol. The maximum Gasteiger partial charge on any atom is 0.248 e. The van der Waals surface area contributed by atoms with Crippen molar-refractivity contribution in [3.05, 3.63) is 70.3 Å². The van der Waals surface area contributed by atoms with Gasteiger partial charge in [0.1, 0.15) is 0 Å². The molecule has 1 aliphatic rings. The molecule has 4 heteroatoms. The molecule has 1 amide bonds. The van der Waals surface area contributed by atoms with Gasteiger partial charge in [0.05, 0.1) is 11.6 Å². The lowest BCUT2D eigenvalue weighted by molar-refractivity contribution is -0.111. The second kappa shape index (κ2) is 8.00. The number of fused-ring (bicyclic) bond motifs is 1. The van der Waals surface area contributed by atoms with Crippen LogP contribution in [0.4, 0.5) is 5.69 Å². The van der Waals surface area contributed by atoms with Gasteiger partial charge in [-0.2, -0.15) is 5.26 Å². The minimum Gasteiger partial charge on any atom is -0.322 e. The number of anilines is 1. The first-order chi connectivity index (χ1) is 13.4. The van der Waals surface area contributed by atoms with E-state index >= 15 is 0 Å². The van der Waals surface area contributed by atoms with Crippen LogP contribution in [-0.4, -0.2) is 24.4 Å². The highest BCUT2D eigenvalue weighted by Crippen LogP contribution is 2.37. The second-order valence-corrected chi connectivity index (χ2v) is 8.05. The number of nitriles is 1. The molecular formula is C24H27N3O. The minimum atomic E-state index is -0.189. The lowest BCUT2D eigenvalue weighted by atomic mass is 9.76. The molecule has 0 radical (unpaired) electrons. The third-order valence-corrected chi connectivity index (χ3v) is 5.36. The van der Waals surface area contributed by atoms with Gasteiger partial charge >= 0.3 is 0 Å². The van der Waals surface area contributed by atoms with Crippen LogP contribution >= 0.6 is 0 Å². The summed E-state index contributed by atoms with van der Waals surface area (Å²) >= 11 is 0. The van der Waals surface area contributed by atoms with Crippen molar-refractivity contribution in [3.63, 3.8) is 0 Å². The van der Waals surface area contributed by atoms with Crippen LogP contribution < -0.4 is 5.32 Å². The maximum atomic E-state index is 12.5. The molecule has 0 saturated heterocycles. The number of nitrogens with zero attached hydrogens (tertiary/aromatic N) is 2. The summed E-state index contributed by atoms with van der Waals surface area (Å²) in [7, 11) is 2.14. The molecular weight excluding hydrogens is 346 g/mol.